The molecule has 0 atom stereocenters. The average molecular weight is 307 g/mol. The van der Waals surface area contributed by atoms with Crippen molar-refractivity contribution in [3.8, 4) is 11.8 Å². The van der Waals surface area contributed by atoms with Crippen molar-refractivity contribution in [1.29, 1.82) is 0 Å². The smallest absolute Gasteiger partial charge is 0.240 e. The van der Waals surface area contributed by atoms with E-state index < -0.39 is 10.0 Å². The first kappa shape index (κ1) is 16.0. The highest BCUT2D eigenvalue weighted by Crippen LogP contribution is 2.49. The van der Waals surface area contributed by atoms with Crippen LogP contribution in [0.3, 0.4) is 0 Å². The number of nitrogens with one attached hydrogen (secondary N) is 1. The third-order valence-electron chi connectivity index (χ3n) is 3.85. The number of hydrogen-bond donors (Lipinski definition) is 2. The first-order valence-corrected chi connectivity index (χ1v) is 8.69. The van der Waals surface area contributed by atoms with E-state index in [1.807, 2.05) is 0 Å². The Balaban J connectivity index is 2.02. The van der Waals surface area contributed by atoms with Crippen molar-refractivity contribution in [3.05, 3.63) is 29.8 Å². The molecule has 0 radical (unpaired) electrons. The number of aliphatic hydroxyl groups excluding tert-OH is 1. The summed E-state index contributed by atoms with van der Waals surface area (Å²) in [7, 11) is -3.46. The summed E-state index contributed by atoms with van der Waals surface area (Å²) < 4.78 is 27.2. The van der Waals surface area contributed by atoms with Gasteiger partial charge in [-0.25, -0.2) is 13.1 Å². The quantitative estimate of drug-likeness (QED) is 0.789. The fourth-order valence-corrected chi connectivity index (χ4v) is 3.57. The molecule has 1 aromatic carbocycles. The van der Waals surface area contributed by atoms with Crippen LogP contribution in [-0.2, 0) is 10.0 Å². The number of hydrogen-bond acceptors (Lipinski definition) is 3. The summed E-state index contributed by atoms with van der Waals surface area (Å²) >= 11 is 0. The van der Waals surface area contributed by atoms with Crippen LogP contribution >= 0.6 is 0 Å². The normalized spacial score (nSPS) is 16.1. The molecule has 0 heterocycles. The van der Waals surface area contributed by atoms with Crippen LogP contribution in [0.25, 0.3) is 0 Å². The fraction of sp³-hybridized carbons (Fsp3) is 0.500. The van der Waals surface area contributed by atoms with Crippen molar-refractivity contribution in [2.24, 2.45) is 5.41 Å². The number of aliphatic hydroxyl groups is 1. The van der Waals surface area contributed by atoms with Gasteiger partial charge in [-0.2, -0.15) is 0 Å². The van der Waals surface area contributed by atoms with Crippen molar-refractivity contribution in [3.63, 3.8) is 0 Å². The highest BCUT2D eigenvalue weighted by Gasteiger charge is 2.42. The fourth-order valence-electron chi connectivity index (χ4n) is 2.41. The Hall–Kier alpha value is -1.35. The van der Waals surface area contributed by atoms with E-state index in [0.717, 1.165) is 25.7 Å². The highest BCUT2D eigenvalue weighted by molar-refractivity contribution is 7.89. The SMILES string of the molecule is CCCC1(CNS(=O)(=O)c2ccc(C#CCO)cc2)CC1. The molecule has 114 valence electrons. The molecule has 2 rings (SSSR count). The molecule has 0 aliphatic heterocycles. The molecule has 4 nitrogen and oxygen atoms in total. The Labute approximate surface area is 126 Å². The van der Waals surface area contributed by atoms with Crippen LogP contribution in [-0.4, -0.2) is 26.7 Å². The predicted molar refractivity (Wildman–Crippen MR) is 82.2 cm³/mol. The second-order valence-electron chi connectivity index (χ2n) is 5.56. The number of sulfonamides is 1. The molecule has 0 spiro atoms. The van der Waals surface area contributed by atoms with E-state index >= 15 is 0 Å². The lowest BCUT2D eigenvalue weighted by Crippen LogP contribution is -2.30. The zero-order valence-corrected chi connectivity index (χ0v) is 13.0. The molecule has 1 aromatic rings. The second kappa shape index (κ2) is 6.61. The standard InChI is InChI=1S/C16H21NO3S/c1-2-9-16(10-11-16)13-17-21(19,20)15-7-5-14(6-8-15)4-3-12-18/h5-8,17-18H,2,9-13H2,1H3. The van der Waals surface area contributed by atoms with Crippen LogP contribution < -0.4 is 4.72 Å². The van der Waals surface area contributed by atoms with E-state index in [1.165, 1.54) is 0 Å². The first-order chi connectivity index (χ1) is 10.0. The monoisotopic (exact) mass is 307 g/mol. The predicted octanol–water partition coefficient (Wildman–Crippen LogP) is 1.89. The zero-order chi connectivity index (χ0) is 15.3. The topological polar surface area (TPSA) is 66.4 Å². The molecule has 1 aliphatic rings. The largest absolute Gasteiger partial charge is 0.384 e. The highest BCUT2D eigenvalue weighted by atomic mass is 32.2. The van der Waals surface area contributed by atoms with Gasteiger partial charge in [0.05, 0.1) is 4.90 Å². The van der Waals surface area contributed by atoms with Crippen molar-refractivity contribution in [2.45, 2.75) is 37.5 Å². The van der Waals surface area contributed by atoms with Gasteiger partial charge in [0.1, 0.15) is 6.61 Å². The summed E-state index contributed by atoms with van der Waals surface area (Å²) in [6, 6.07) is 6.39. The minimum atomic E-state index is -3.46. The summed E-state index contributed by atoms with van der Waals surface area (Å²) in [4.78, 5) is 0.254. The van der Waals surface area contributed by atoms with Crippen LogP contribution in [0, 0.1) is 17.3 Å². The lowest BCUT2D eigenvalue weighted by molar-refractivity contribution is 0.350. The Bertz CT molecular complexity index is 634. The average Bonchev–Trinajstić information content (AvgIpc) is 3.24. The summed E-state index contributed by atoms with van der Waals surface area (Å²) in [5, 5.41) is 8.63. The molecule has 5 heteroatoms. The van der Waals surface area contributed by atoms with E-state index in [1.54, 1.807) is 24.3 Å². The second-order valence-corrected chi connectivity index (χ2v) is 7.33. The molecule has 1 saturated carbocycles. The van der Waals surface area contributed by atoms with Gasteiger partial charge in [0.2, 0.25) is 10.0 Å². The van der Waals surface area contributed by atoms with Crippen LogP contribution in [0.2, 0.25) is 0 Å². The Morgan fingerprint density at radius 1 is 1.29 bits per heavy atom. The van der Waals surface area contributed by atoms with Crippen molar-refractivity contribution in [2.75, 3.05) is 13.2 Å². The van der Waals surface area contributed by atoms with Gasteiger partial charge in [0.15, 0.2) is 0 Å². The molecule has 0 aromatic heterocycles. The van der Waals surface area contributed by atoms with E-state index in [4.69, 9.17) is 5.11 Å². The minimum Gasteiger partial charge on any atom is -0.384 e. The Kier molecular flexibility index (Phi) is 5.04. The van der Waals surface area contributed by atoms with Crippen LogP contribution in [0.5, 0.6) is 0 Å². The first-order valence-electron chi connectivity index (χ1n) is 7.21. The number of rotatable bonds is 6. The molecule has 0 amide bonds. The summed E-state index contributed by atoms with van der Waals surface area (Å²) in [5.41, 5.74) is 0.876. The maximum Gasteiger partial charge on any atom is 0.240 e. The molecular formula is C16H21NO3S. The maximum absolute atomic E-state index is 12.2. The van der Waals surface area contributed by atoms with E-state index in [0.29, 0.717) is 12.1 Å². The van der Waals surface area contributed by atoms with Crippen molar-refractivity contribution < 1.29 is 13.5 Å². The van der Waals surface area contributed by atoms with Crippen LogP contribution in [0.4, 0.5) is 0 Å². The summed E-state index contributed by atoms with van der Waals surface area (Å²) in [6.07, 6.45) is 4.38. The lowest BCUT2D eigenvalue weighted by Gasteiger charge is -2.15. The van der Waals surface area contributed by atoms with Crippen molar-refractivity contribution >= 4 is 10.0 Å². The minimum absolute atomic E-state index is 0.189. The molecule has 2 N–H and O–H groups in total. The molecule has 0 saturated heterocycles. The van der Waals surface area contributed by atoms with E-state index in [-0.39, 0.29) is 16.9 Å². The molecule has 0 unspecified atom stereocenters. The molecule has 1 fully saturated rings. The number of benzene rings is 1. The van der Waals surface area contributed by atoms with Crippen molar-refractivity contribution in [1.82, 2.24) is 4.72 Å². The maximum atomic E-state index is 12.2. The van der Waals surface area contributed by atoms with Crippen LogP contribution in [0.15, 0.2) is 29.2 Å². The van der Waals surface area contributed by atoms with Gasteiger partial charge in [-0.3, -0.25) is 0 Å². The zero-order valence-electron chi connectivity index (χ0n) is 12.2. The molecule has 0 bridgehead atoms. The Morgan fingerprint density at radius 3 is 2.48 bits per heavy atom. The van der Waals surface area contributed by atoms with E-state index in [9.17, 15) is 8.42 Å². The van der Waals surface area contributed by atoms with Crippen LogP contribution in [0.1, 0.15) is 38.2 Å². The Morgan fingerprint density at radius 2 is 1.95 bits per heavy atom. The van der Waals surface area contributed by atoms with Gasteiger partial charge in [0, 0.05) is 12.1 Å². The molecular weight excluding hydrogens is 286 g/mol. The molecule has 21 heavy (non-hydrogen) atoms. The third kappa shape index (κ3) is 4.31. The van der Waals surface area contributed by atoms with Gasteiger partial charge in [-0.05, 0) is 48.9 Å². The van der Waals surface area contributed by atoms with Gasteiger partial charge in [-0.15, -0.1) is 0 Å². The lowest BCUT2D eigenvalue weighted by atomic mass is 10.0. The summed E-state index contributed by atoms with van der Waals surface area (Å²) in [6.45, 7) is 2.44. The van der Waals surface area contributed by atoms with Gasteiger partial charge in [0.25, 0.3) is 0 Å². The van der Waals surface area contributed by atoms with E-state index in [2.05, 4.69) is 23.5 Å². The molecule has 1 aliphatic carbocycles. The van der Waals surface area contributed by atoms with Gasteiger partial charge >= 0.3 is 0 Å². The summed E-state index contributed by atoms with van der Waals surface area (Å²) in [5.74, 6) is 5.27. The van der Waals surface area contributed by atoms with Gasteiger partial charge < -0.3 is 5.11 Å². The van der Waals surface area contributed by atoms with Gasteiger partial charge in [-0.1, -0.05) is 25.2 Å². The third-order valence-corrected chi connectivity index (χ3v) is 5.27.